The normalized spacial score (nSPS) is 15.3. The fourth-order valence-corrected chi connectivity index (χ4v) is 2.81. The highest BCUT2D eigenvalue weighted by Gasteiger charge is 2.21. The van der Waals surface area contributed by atoms with Crippen molar-refractivity contribution >= 4 is 22.7 Å². The first kappa shape index (κ1) is 13.7. The van der Waals surface area contributed by atoms with E-state index in [9.17, 15) is 4.79 Å². The summed E-state index contributed by atoms with van der Waals surface area (Å²) in [6.07, 6.45) is 3.31. The van der Waals surface area contributed by atoms with Gasteiger partial charge in [0.1, 0.15) is 18.0 Å². The maximum Gasteiger partial charge on any atom is 0.266 e. The van der Waals surface area contributed by atoms with Crippen LogP contribution in [0.25, 0.3) is 11.0 Å². The Morgan fingerprint density at radius 2 is 1.87 bits per heavy atom. The van der Waals surface area contributed by atoms with Crippen LogP contribution in [0.15, 0.2) is 29.5 Å². The van der Waals surface area contributed by atoms with E-state index >= 15 is 0 Å². The van der Waals surface area contributed by atoms with E-state index in [1.54, 1.807) is 31.7 Å². The number of anilines is 2. The van der Waals surface area contributed by atoms with E-state index in [0.29, 0.717) is 0 Å². The van der Waals surface area contributed by atoms with Crippen LogP contribution >= 0.6 is 0 Å². The van der Waals surface area contributed by atoms with E-state index in [4.69, 9.17) is 0 Å². The van der Waals surface area contributed by atoms with Crippen molar-refractivity contribution in [2.24, 2.45) is 7.05 Å². The second-order valence-corrected chi connectivity index (χ2v) is 5.46. The smallest absolute Gasteiger partial charge is 0.266 e. The lowest BCUT2D eigenvalue weighted by molar-refractivity contribution is 0.620. The Hall–Kier alpha value is -2.97. The minimum Gasteiger partial charge on any atom is -0.352 e. The number of H-pyrrole nitrogens is 1. The first-order chi connectivity index (χ1) is 11.2. The number of nitrogens with one attached hydrogen (secondary N) is 1. The van der Waals surface area contributed by atoms with E-state index in [0.717, 1.165) is 48.8 Å². The highest BCUT2D eigenvalue weighted by Crippen LogP contribution is 2.23. The molecule has 0 saturated carbocycles. The lowest BCUT2D eigenvalue weighted by Gasteiger charge is -2.36. The predicted octanol–water partition coefficient (Wildman–Crippen LogP) is -0.227. The Balaban J connectivity index is 1.54. The molecule has 0 unspecified atom stereocenters. The highest BCUT2D eigenvalue weighted by molar-refractivity contribution is 5.86. The molecule has 23 heavy (non-hydrogen) atoms. The predicted molar refractivity (Wildman–Crippen MR) is 85.6 cm³/mol. The zero-order valence-electron chi connectivity index (χ0n) is 12.7. The number of aryl methyl sites for hydroxylation is 1. The van der Waals surface area contributed by atoms with Crippen LogP contribution in [0.3, 0.4) is 0 Å². The number of aromatic amines is 1. The molecule has 3 aromatic rings. The molecule has 0 aliphatic carbocycles. The first-order valence-corrected chi connectivity index (χ1v) is 7.41. The molecule has 0 radical (unpaired) electrons. The van der Waals surface area contributed by atoms with E-state index in [1.807, 2.05) is 0 Å². The molecule has 0 aromatic carbocycles. The van der Waals surface area contributed by atoms with Crippen LogP contribution in [0.2, 0.25) is 0 Å². The summed E-state index contributed by atoms with van der Waals surface area (Å²) in [7, 11) is 1.67. The zero-order chi connectivity index (χ0) is 15.8. The number of hydrogen-bond acceptors (Lipinski definition) is 7. The van der Waals surface area contributed by atoms with Crippen molar-refractivity contribution in [1.82, 2.24) is 29.9 Å². The van der Waals surface area contributed by atoms with Crippen molar-refractivity contribution in [2.75, 3.05) is 36.0 Å². The summed E-state index contributed by atoms with van der Waals surface area (Å²) < 4.78 is 1.36. The SMILES string of the molecule is Cn1nc(N2CCN(c3ncnc4[nH]ncc34)CC2)ccc1=O. The number of nitrogens with zero attached hydrogens (tertiary/aromatic N) is 7. The molecule has 1 aliphatic rings. The standard InChI is InChI=1S/C14H16N8O/c1-20-12(23)3-2-11(19-20)21-4-6-22(7-5-21)14-10-8-17-18-13(10)15-9-16-14/h2-3,8-9H,4-7H2,1H3,(H,15,16,17,18). The van der Waals surface area contributed by atoms with Gasteiger partial charge in [0.2, 0.25) is 0 Å². The van der Waals surface area contributed by atoms with Gasteiger partial charge in [-0.3, -0.25) is 9.89 Å². The molecular weight excluding hydrogens is 296 g/mol. The van der Waals surface area contributed by atoms with E-state index in [-0.39, 0.29) is 5.56 Å². The summed E-state index contributed by atoms with van der Waals surface area (Å²) in [5.74, 6) is 1.72. The Kier molecular flexibility index (Phi) is 3.18. The molecule has 4 rings (SSSR count). The van der Waals surface area contributed by atoms with Crippen LogP contribution in [0, 0.1) is 0 Å². The summed E-state index contributed by atoms with van der Waals surface area (Å²) in [5, 5.41) is 12.1. The van der Waals surface area contributed by atoms with Gasteiger partial charge in [-0.25, -0.2) is 14.6 Å². The Bertz CT molecular complexity index is 893. The van der Waals surface area contributed by atoms with Crippen molar-refractivity contribution in [3.63, 3.8) is 0 Å². The Labute approximate surface area is 131 Å². The maximum atomic E-state index is 11.4. The van der Waals surface area contributed by atoms with Crippen molar-refractivity contribution in [2.45, 2.75) is 0 Å². The molecule has 9 nitrogen and oxygen atoms in total. The highest BCUT2D eigenvalue weighted by atomic mass is 16.1. The average Bonchev–Trinajstić information content (AvgIpc) is 3.06. The van der Waals surface area contributed by atoms with Gasteiger partial charge in [0, 0.05) is 39.3 Å². The lowest BCUT2D eigenvalue weighted by atomic mass is 10.2. The summed E-state index contributed by atoms with van der Waals surface area (Å²) in [5.41, 5.74) is 0.646. The molecule has 1 N–H and O–H groups in total. The fraction of sp³-hybridized carbons (Fsp3) is 0.357. The molecule has 0 atom stereocenters. The number of fused-ring (bicyclic) bond motifs is 1. The van der Waals surface area contributed by atoms with Gasteiger partial charge >= 0.3 is 0 Å². The van der Waals surface area contributed by atoms with E-state index in [2.05, 4.69) is 35.1 Å². The van der Waals surface area contributed by atoms with Crippen molar-refractivity contribution in [3.8, 4) is 0 Å². The minimum absolute atomic E-state index is 0.101. The second-order valence-electron chi connectivity index (χ2n) is 5.46. The minimum atomic E-state index is -0.101. The molecule has 1 saturated heterocycles. The molecule has 0 amide bonds. The molecule has 4 heterocycles. The second kappa shape index (κ2) is 5.34. The van der Waals surface area contributed by atoms with Gasteiger partial charge in [0.05, 0.1) is 11.6 Å². The van der Waals surface area contributed by atoms with Crippen LogP contribution in [-0.4, -0.2) is 56.1 Å². The molecule has 0 bridgehead atoms. The van der Waals surface area contributed by atoms with Crippen molar-refractivity contribution in [1.29, 1.82) is 0 Å². The maximum absolute atomic E-state index is 11.4. The first-order valence-electron chi connectivity index (χ1n) is 7.41. The molecule has 0 spiro atoms. The van der Waals surface area contributed by atoms with Crippen LogP contribution in [0.1, 0.15) is 0 Å². The zero-order valence-corrected chi connectivity index (χ0v) is 12.7. The monoisotopic (exact) mass is 312 g/mol. The third-order valence-corrected chi connectivity index (χ3v) is 4.08. The van der Waals surface area contributed by atoms with Crippen LogP contribution in [0.5, 0.6) is 0 Å². The van der Waals surface area contributed by atoms with Crippen molar-refractivity contribution < 1.29 is 0 Å². The van der Waals surface area contributed by atoms with Gasteiger partial charge in [-0.1, -0.05) is 0 Å². The quantitative estimate of drug-likeness (QED) is 0.698. The van der Waals surface area contributed by atoms with Crippen LogP contribution in [0.4, 0.5) is 11.6 Å². The van der Waals surface area contributed by atoms with Gasteiger partial charge in [-0.2, -0.15) is 10.2 Å². The number of rotatable bonds is 2. The summed E-state index contributed by atoms with van der Waals surface area (Å²) in [6, 6.07) is 3.32. The molecule has 9 heteroatoms. The lowest BCUT2D eigenvalue weighted by Crippen LogP contribution is -2.47. The van der Waals surface area contributed by atoms with Crippen LogP contribution < -0.4 is 15.4 Å². The third kappa shape index (κ3) is 2.39. The Morgan fingerprint density at radius 1 is 1.09 bits per heavy atom. The summed E-state index contributed by atoms with van der Waals surface area (Å²) >= 11 is 0. The molecular formula is C14H16N8O. The molecule has 118 valence electrons. The van der Waals surface area contributed by atoms with Crippen molar-refractivity contribution in [3.05, 3.63) is 35.0 Å². The number of hydrogen-bond donors (Lipinski definition) is 1. The van der Waals surface area contributed by atoms with Gasteiger partial charge in [-0.15, -0.1) is 0 Å². The van der Waals surface area contributed by atoms with Gasteiger partial charge in [-0.05, 0) is 6.07 Å². The average molecular weight is 312 g/mol. The third-order valence-electron chi connectivity index (χ3n) is 4.08. The topological polar surface area (TPSA) is 95.8 Å². The largest absolute Gasteiger partial charge is 0.352 e. The van der Waals surface area contributed by atoms with Gasteiger partial charge < -0.3 is 9.80 Å². The molecule has 3 aromatic heterocycles. The number of piperazine rings is 1. The van der Waals surface area contributed by atoms with E-state index < -0.39 is 0 Å². The molecule has 1 fully saturated rings. The van der Waals surface area contributed by atoms with Gasteiger partial charge in [0.25, 0.3) is 5.56 Å². The van der Waals surface area contributed by atoms with E-state index in [1.165, 1.54) is 4.68 Å². The summed E-state index contributed by atoms with van der Waals surface area (Å²) in [4.78, 5) is 24.4. The van der Waals surface area contributed by atoms with Crippen LogP contribution in [-0.2, 0) is 7.05 Å². The van der Waals surface area contributed by atoms with Gasteiger partial charge in [0.15, 0.2) is 5.65 Å². The number of aromatic nitrogens is 6. The molecule has 1 aliphatic heterocycles. The fourth-order valence-electron chi connectivity index (χ4n) is 2.81. The summed E-state index contributed by atoms with van der Waals surface area (Å²) in [6.45, 7) is 3.27. The Morgan fingerprint density at radius 3 is 2.65 bits per heavy atom.